The van der Waals surface area contributed by atoms with Crippen LogP contribution in [-0.4, -0.2) is 9.91 Å². The Morgan fingerprint density at radius 1 is 1.69 bits per heavy atom. The first-order valence-corrected chi connectivity index (χ1v) is 4.27. The average molecular weight is 227 g/mol. The van der Waals surface area contributed by atoms with E-state index >= 15 is 0 Å². The second kappa shape index (κ2) is 4.61. The highest BCUT2D eigenvalue weighted by Gasteiger charge is 2.28. The van der Waals surface area contributed by atoms with E-state index in [1.165, 1.54) is 6.92 Å². The van der Waals surface area contributed by atoms with Crippen molar-refractivity contribution in [1.82, 2.24) is 4.98 Å². The summed E-state index contributed by atoms with van der Waals surface area (Å²) in [5, 5.41) is 19.0. The summed E-state index contributed by atoms with van der Waals surface area (Å²) >= 11 is 0. The fraction of sp³-hybridized carbons (Fsp3) is 0.333. The molecule has 0 bridgehead atoms. The van der Waals surface area contributed by atoms with Crippen molar-refractivity contribution in [3.05, 3.63) is 33.0 Å². The van der Waals surface area contributed by atoms with Crippen LogP contribution in [0.15, 0.2) is 6.20 Å². The lowest BCUT2D eigenvalue weighted by Crippen LogP contribution is -2.05. The molecule has 0 aromatic carbocycles. The molecule has 0 N–H and O–H groups in total. The summed E-state index contributed by atoms with van der Waals surface area (Å²) in [7, 11) is 0. The highest BCUT2D eigenvalue weighted by Crippen LogP contribution is 2.32. The van der Waals surface area contributed by atoms with Crippen LogP contribution in [-0.2, 0) is 6.42 Å². The zero-order valence-electron chi connectivity index (χ0n) is 8.28. The summed E-state index contributed by atoms with van der Waals surface area (Å²) in [5.41, 5.74) is -0.423. The quantitative estimate of drug-likeness (QED) is 0.586. The van der Waals surface area contributed by atoms with Crippen LogP contribution in [0.1, 0.15) is 23.1 Å². The number of aromatic nitrogens is 1. The van der Waals surface area contributed by atoms with Gasteiger partial charge in [-0.2, -0.15) is 5.26 Å². The van der Waals surface area contributed by atoms with E-state index in [1.54, 1.807) is 6.07 Å². The van der Waals surface area contributed by atoms with Crippen molar-refractivity contribution in [2.45, 2.75) is 19.8 Å². The molecule has 1 aromatic rings. The van der Waals surface area contributed by atoms with Gasteiger partial charge in [0, 0.05) is 0 Å². The third kappa shape index (κ3) is 2.11. The van der Waals surface area contributed by atoms with Crippen molar-refractivity contribution in [2.75, 3.05) is 0 Å². The molecule has 0 saturated carbocycles. The number of halogens is 2. The lowest BCUT2D eigenvalue weighted by atomic mass is 10.0. The Morgan fingerprint density at radius 3 is 2.75 bits per heavy atom. The third-order valence-electron chi connectivity index (χ3n) is 2.07. The molecule has 1 rings (SSSR count). The highest BCUT2D eigenvalue weighted by molar-refractivity contribution is 5.45. The lowest BCUT2D eigenvalue weighted by molar-refractivity contribution is -0.391. The van der Waals surface area contributed by atoms with Crippen LogP contribution in [0.5, 0.6) is 0 Å². The van der Waals surface area contributed by atoms with Crippen molar-refractivity contribution < 1.29 is 13.7 Å². The molecular weight excluding hydrogens is 220 g/mol. The predicted molar refractivity (Wildman–Crippen MR) is 49.9 cm³/mol. The van der Waals surface area contributed by atoms with Gasteiger partial charge in [0.15, 0.2) is 0 Å². The zero-order valence-corrected chi connectivity index (χ0v) is 8.28. The maximum absolute atomic E-state index is 12.7. The van der Waals surface area contributed by atoms with E-state index in [-0.39, 0.29) is 12.0 Å². The Labute approximate surface area is 89.5 Å². The van der Waals surface area contributed by atoms with Gasteiger partial charge in [-0.1, -0.05) is 0 Å². The van der Waals surface area contributed by atoms with Gasteiger partial charge < -0.3 is 10.1 Å². The summed E-state index contributed by atoms with van der Waals surface area (Å²) in [4.78, 5) is 12.9. The summed E-state index contributed by atoms with van der Waals surface area (Å²) < 4.78 is 25.4. The average Bonchev–Trinajstić information content (AvgIpc) is 2.20. The van der Waals surface area contributed by atoms with Crippen molar-refractivity contribution in [3.63, 3.8) is 0 Å². The second-order valence-electron chi connectivity index (χ2n) is 3.05. The number of aryl methyl sites for hydroxylation is 1. The van der Waals surface area contributed by atoms with E-state index in [1.807, 2.05) is 0 Å². The minimum atomic E-state index is -3.02. The normalized spacial score (nSPS) is 10.2. The minimum Gasteiger partial charge on any atom is -0.358 e. The summed E-state index contributed by atoms with van der Waals surface area (Å²) in [6, 6.07) is 1.70. The van der Waals surface area contributed by atoms with Gasteiger partial charge in [-0.15, -0.1) is 0 Å². The van der Waals surface area contributed by atoms with Gasteiger partial charge in [0.1, 0.15) is 11.8 Å². The summed E-state index contributed by atoms with van der Waals surface area (Å²) in [6.45, 7) is 1.48. The van der Waals surface area contributed by atoms with Crippen LogP contribution in [0.25, 0.3) is 0 Å². The van der Waals surface area contributed by atoms with Crippen LogP contribution in [0, 0.1) is 28.4 Å². The monoisotopic (exact) mass is 227 g/mol. The Hall–Kier alpha value is -2.10. The number of hydrogen-bond acceptors (Lipinski definition) is 4. The topological polar surface area (TPSA) is 79.8 Å². The number of pyridine rings is 1. The molecule has 0 atom stereocenters. The minimum absolute atomic E-state index is 0.0146. The van der Waals surface area contributed by atoms with E-state index in [9.17, 15) is 18.9 Å². The molecule has 1 heterocycles. The van der Waals surface area contributed by atoms with Crippen molar-refractivity contribution in [1.29, 1.82) is 5.26 Å². The second-order valence-corrected chi connectivity index (χ2v) is 3.05. The number of hydrogen-bond donors (Lipinski definition) is 0. The highest BCUT2D eigenvalue weighted by atomic mass is 19.3. The molecule has 0 radical (unpaired) electrons. The van der Waals surface area contributed by atoms with Gasteiger partial charge in [-0.3, -0.25) is 0 Å². The fourth-order valence-electron chi connectivity index (χ4n) is 1.34. The van der Waals surface area contributed by atoms with Crippen LogP contribution >= 0.6 is 0 Å². The molecule has 0 aliphatic heterocycles. The van der Waals surface area contributed by atoms with E-state index in [0.717, 1.165) is 6.20 Å². The van der Waals surface area contributed by atoms with Gasteiger partial charge in [-0.25, -0.2) is 8.78 Å². The SMILES string of the molecule is Cc1cnc([N+](=O)[O-])c(C(F)F)c1CC#N. The predicted octanol–water partition coefficient (Wildman–Crippen LogP) is 2.30. The first-order chi connectivity index (χ1) is 7.49. The van der Waals surface area contributed by atoms with Crippen molar-refractivity contribution in [2.24, 2.45) is 0 Å². The van der Waals surface area contributed by atoms with E-state index in [4.69, 9.17) is 5.26 Å². The molecule has 0 saturated heterocycles. The summed E-state index contributed by atoms with van der Waals surface area (Å²) in [5.74, 6) is -0.883. The van der Waals surface area contributed by atoms with Crippen LogP contribution in [0.2, 0.25) is 0 Å². The van der Waals surface area contributed by atoms with Gasteiger partial charge in [0.25, 0.3) is 6.43 Å². The van der Waals surface area contributed by atoms with Crippen LogP contribution in [0.3, 0.4) is 0 Å². The largest absolute Gasteiger partial charge is 0.372 e. The molecule has 1 aromatic heterocycles. The molecule has 5 nitrogen and oxygen atoms in total. The number of rotatable bonds is 3. The third-order valence-corrected chi connectivity index (χ3v) is 2.07. The van der Waals surface area contributed by atoms with Gasteiger partial charge in [0.2, 0.25) is 0 Å². The molecule has 0 spiro atoms. The maximum atomic E-state index is 12.7. The molecular formula is C9H7F2N3O2. The first-order valence-electron chi connectivity index (χ1n) is 4.27. The molecule has 0 fully saturated rings. The Balaban J connectivity index is 3.51. The Morgan fingerprint density at radius 2 is 2.31 bits per heavy atom. The lowest BCUT2D eigenvalue weighted by Gasteiger charge is -2.07. The van der Waals surface area contributed by atoms with Crippen molar-refractivity contribution >= 4 is 5.82 Å². The van der Waals surface area contributed by atoms with Crippen LogP contribution < -0.4 is 0 Å². The molecule has 16 heavy (non-hydrogen) atoms. The Bertz CT molecular complexity index is 469. The standard InChI is InChI=1S/C9H7F2N3O2/c1-5-4-13-9(14(15)16)7(8(10)11)6(5)2-3-12/h4,8H,2H2,1H3. The van der Waals surface area contributed by atoms with Gasteiger partial charge in [-0.05, 0) is 28.0 Å². The zero-order chi connectivity index (χ0) is 12.3. The van der Waals surface area contributed by atoms with E-state index < -0.39 is 22.7 Å². The molecule has 7 heteroatoms. The number of nitriles is 1. The number of alkyl halides is 2. The number of nitrogens with zero attached hydrogens (tertiary/aromatic N) is 3. The Kier molecular flexibility index (Phi) is 3.45. The van der Waals surface area contributed by atoms with E-state index in [2.05, 4.69) is 4.98 Å². The van der Waals surface area contributed by atoms with E-state index in [0.29, 0.717) is 5.56 Å². The molecule has 0 aliphatic carbocycles. The van der Waals surface area contributed by atoms with Gasteiger partial charge in [0.05, 0.1) is 12.5 Å². The molecule has 0 unspecified atom stereocenters. The maximum Gasteiger partial charge on any atom is 0.372 e. The number of nitro groups is 1. The molecule has 0 amide bonds. The first kappa shape index (κ1) is 12.0. The summed E-state index contributed by atoms with van der Waals surface area (Å²) in [6.07, 6.45) is -2.19. The van der Waals surface area contributed by atoms with Crippen molar-refractivity contribution in [3.8, 4) is 6.07 Å². The van der Waals surface area contributed by atoms with Crippen LogP contribution in [0.4, 0.5) is 14.6 Å². The molecule has 84 valence electrons. The molecule has 0 aliphatic rings. The fourth-order valence-corrected chi connectivity index (χ4v) is 1.34. The smallest absolute Gasteiger partial charge is 0.358 e. The van der Waals surface area contributed by atoms with Gasteiger partial charge >= 0.3 is 5.82 Å².